The van der Waals surface area contributed by atoms with Gasteiger partial charge >= 0.3 is 59.1 Å². The number of phenolic OH excluding ortho intramolecular Hbond substituents is 2. The normalized spacial score (nSPS) is 11.5. The number of rotatable bonds is 2. The molecule has 108 valence electrons. The maximum Gasteiger partial charge on any atom is 1.00 e. The molecule has 8 nitrogen and oxygen atoms in total. The van der Waals surface area contributed by atoms with Gasteiger partial charge < -0.3 is 19.3 Å². The molecule has 0 radical (unpaired) electrons. The van der Waals surface area contributed by atoms with Gasteiger partial charge in [0.05, 0.1) is 4.90 Å². The minimum absolute atomic E-state index is 0. The summed E-state index contributed by atoms with van der Waals surface area (Å²) in [6.45, 7) is 0. The molecule has 2 rings (SSSR count). The van der Waals surface area contributed by atoms with E-state index in [1.807, 2.05) is 0 Å². The Morgan fingerprint density at radius 2 is 1.36 bits per heavy atom. The Hall–Kier alpha value is 0.120. The number of phenols is 2. The van der Waals surface area contributed by atoms with Crippen molar-refractivity contribution in [1.29, 1.82) is 0 Å². The number of benzene rings is 2. The van der Waals surface area contributed by atoms with E-state index in [0.29, 0.717) is 6.07 Å². The molecule has 0 saturated carbocycles. The molecule has 0 saturated heterocycles. The molecule has 0 unspecified atom stereocenters. The predicted octanol–water partition coefficient (Wildman–Crippen LogP) is -5.93. The second-order valence-electron chi connectivity index (χ2n) is 3.86. The van der Waals surface area contributed by atoms with Crippen molar-refractivity contribution in [2.45, 2.75) is 9.79 Å². The number of fused-ring (bicyclic) bond motifs is 1. The fraction of sp³-hybridized carbons (Fsp3) is 0. The van der Waals surface area contributed by atoms with Crippen LogP contribution in [0, 0.1) is 0 Å². The van der Waals surface area contributed by atoms with Crippen LogP contribution in [0.15, 0.2) is 34.1 Å². The minimum Gasteiger partial charge on any atom is -0.744 e. The summed E-state index contributed by atoms with van der Waals surface area (Å²) in [7, 11) is -9.81. The molecule has 0 aliphatic heterocycles. The largest absolute Gasteiger partial charge is 1.00 e. The Bertz CT molecular complexity index is 922. The third-order valence-electron chi connectivity index (χ3n) is 2.58. The molecule has 2 aromatic carbocycles. The summed E-state index contributed by atoms with van der Waals surface area (Å²) in [6.07, 6.45) is 0. The molecule has 0 aliphatic carbocycles. The Kier molecular flexibility index (Phi) is 7.38. The van der Waals surface area contributed by atoms with Crippen molar-refractivity contribution in [2.75, 3.05) is 0 Å². The van der Waals surface area contributed by atoms with Gasteiger partial charge in [0.25, 0.3) is 0 Å². The van der Waals surface area contributed by atoms with Crippen LogP contribution in [0.5, 0.6) is 11.5 Å². The SMILES string of the molecule is O=S(=O)([O-])c1ccc2c(O)c(S(=O)(=O)[O-])cc(O)c2c1.[Na+].[Na+]. The summed E-state index contributed by atoms with van der Waals surface area (Å²) < 4.78 is 65.3. The average molecular weight is 364 g/mol. The van der Waals surface area contributed by atoms with Crippen LogP contribution in [0.4, 0.5) is 0 Å². The Balaban J connectivity index is 0.00000220. The summed E-state index contributed by atoms with van der Waals surface area (Å²) >= 11 is 0. The minimum atomic E-state index is -5.03. The van der Waals surface area contributed by atoms with Crippen molar-refractivity contribution >= 4 is 31.0 Å². The fourth-order valence-electron chi connectivity index (χ4n) is 1.69. The van der Waals surface area contributed by atoms with Crippen molar-refractivity contribution in [3.05, 3.63) is 24.3 Å². The first-order valence-electron chi connectivity index (χ1n) is 4.92. The first kappa shape index (κ1) is 22.1. The number of aromatic hydroxyl groups is 2. The molecule has 0 aromatic heterocycles. The van der Waals surface area contributed by atoms with Crippen LogP contribution in [0.25, 0.3) is 10.8 Å². The van der Waals surface area contributed by atoms with E-state index in [9.17, 15) is 36.2 Å². The fourth-order valence-corrected chi connectivity index (χ4v) is 2.79. The molecular weight excluding hydrogens is 358 g/mol. The molecule has 0 fully saturated rings. The van der Waals surface area contributed by atoms with Gasteiger partial charge in [0.2, 0.25) is 0 Å². The number of hydrogen-bond acceptors (Lipinski definition) is 8. The summed E-state index contributed by atoms with van der Waals surface area (Å²) in [5.41, 5.74) is 0. The van der Waals surface area contributed by atoms with Gasteiger partial charge in [-0.05, 0) is 18.2 Å². The summed E-state index contributed by atoms with van der Waals surface area (Å²) in [5.74, 6) is -1.68. The van der Waals surface area contributed by atoms with Crippen LogP contribution in [0.2, 0.25) is 0 Å². The standard InChI is InChI=1S/C10H8O8S2.2Na/c11-8-4-9(20(16,17)18)10(12)6-2-1-5(3-7(6)8)19(13,14)15;;/h1-4,11-12H,(H,13,14,15)(H,16,17,18);;/q;2*+1/p-2. The molecule has 12 heteroatoms. The Morgan fingerprint density at radius 3 is 1.82 bits per heavy atom. The maximum absolute atomic E-state index is 10.9. The molecule has 0 atom stereocenters. The molecule has 0 aliphatic rings. The van der Waals surface area contributed by atoms with Crippen molar-refractivity contribution < 1.29 is 95.3 Å². The van der Waals surface area contributed by atoms with E-state index in [4.69, 9.17) is 0 Å². The van der Waals surface area contributed by atoms with Gasteiger partial charge in [0, 0.05) is 16.8 Å². The van der Waals surface area contributed by atoms with Crippen LogP contribution in [0.1, 0.15) is 0 Å². The van der Waals surface area contributed by atoms with Gasteiger partial charge in [0.1, 0.15) is 36.6 Å². The second kappa shape index (κ2) is 7.34. The topological polar surface area (TPSA) is 155 Å². The van der Waals surface area contributed by atoms with Gasteiger partial charge in [-0.2, -0.15) is 0 Å². The smallest absolute Gasteiger partial charge is 0.744 e. The summed E-state index contributed by atoms with van der Waals surface area (Å²) in [6, 6.07) is 3.00. The molecule has 2 N–H and O–H groups in total. The molecule has 0 spiro atoms. The van der Waals surface area contributed by atoms with Gasteiger partial charge in [0.15, 0.2) is 0 Å². The van der Waals surface area contributed by atoms with Crippen molar-refractivity contribution in [3.8, 4) is 11.5 Å². The molecule has 0 amide bonds. The van der Waals surface area contributed by atoms with Crippen LogP contribution in [-0.4, -0.2) is 36.2 Å². The zero-order valence-electron chi connectivity index (χ0n) is 11.5. The van der Waals surface area contributed by atoms with Crippen molar-refractivity contribution in [3.63, 3.8) is 0 Å². The quantitative estimate of drug-likeness (QED) is 0.303. The van der Waals surface area contributed by atoms with E-state index in [-0.39, 0.29) is 69.9 Å². The Morgan fingerprint density at radius 1 is 0.818 bits per heavy atom. The summed E-state index contributed by atoms with van der Waals surface area (Å²) in [4.78, 5) is -1.71. The van der Waals surface area contributed by atoms with Gasteiger partial charge in [-0.1, -0.05) is 0 Å². The molecule has 0 heterocycles. The van der Waals surface area contributed by atoms with Crippen LogP contribution in [0.3, 0.4) is 0 Å². The molecule has 22 heavy (non-hydrogen) atoms. The van der Waals surface area contributed by atoms with E-state index >= 15 is 0 Å². The van der Waals surface area contributed by atoms with Crippen molar-refractivity contribution in [1.82, 2.24) is 0 Å². The summed E-state index contributed by atoms with van der Waals surface area (Å²) in [5, 5.41) is 18.8. The zero-order valence-corrected chi connectivity index (χ0v) is 17.1. The van der Waals surface area contributed by atoms with E-state index in [2.05, 4.69) is 0 Å². The first-order valence-corrected chi connectivity index (χ1v) is 7.74. The average Bonchev–Trinajstić information content (AvgIpc) is 2.30. The van der Waals surface area contributed by atoms with E-state index in [1.165, 1.54) is 0 Å². The van der Waals surface area contributed by atoms with Crippen LogP contribution >= 0.6 is 0 Å². The first-order chi connectivity index (χ1) is 9.01. The van der Waals surface area contributed by atoms with Crippen LogP contribution < -0.4 is 59.1 Å². The molecule has 2 aromatic rings. The molecule has 0 bridgehead atoms. The number of hydrogen-bond donors (Lipinski definition) is 2. The van der Waals surface area contributed by atoms with Crippen LogP contribution in [-0.2, 0) is 20.2 Å². The monoisotopic (exact) mass is 364 g/mol. The van der Waals surface area contributed by atoms with E-state index in [0.717, 1.165) is 18.2 Å². The van der Waals surface area contributed by atoms with Gasteiger partial charge in [-0.3, -0.25) is 0 Å². The van der Waals surface area contributed by atoms with Gasteiger partial charge in [-0.15, -0.1) is 0 Å². The van der Waals surface area contributed by atoms with E-state index in [1.54, 1.807) is 0 Å². The van der Waals surface area contributed by atoms with E-state index < -0.39 is 41.5 Å². The molecular formula is C10H6Na2O8S2. The van der Waals surface area contributed by atoms with Crippen molar-refractivity contribution in [2.24, 2.45) is 0 Å². The maximum atomic E-state index is 10.9. The predicted molar refractivity (Wildman–Crippen MR) is 63.2 cm³/mol. The van der Waals surface area contributed by atoms with Gasteiger partial charge in [-0.25, -0.2) is 16.8 Å². The zero-order chi connectivity index (χ0) is 15.3. The Labute approximate surface area is 170 Å². The second-order valence-corrected chi connectivity index (χ2v) is 6.59. The third kappa shape index (κ3) is 4.35. The third-order valence-corrected chi connectivity index (χ3v) is 4.26.